The summed E-state index contributed by atoms with van der Waals surface area (Å²) in [5.74, 6) is 0. The summed E-state index contributed by atoms with van der Waals surface area (Å²) >= 11 is 3.77. The molecule has 4 heterocycles. The molecule has 9 aromatic rings. The number of pyridine rings is 1. The number of hydrogen-bond acceptors (Lipinski definition) is 3. The van der Waals surface area contributed by atoms with E-state index in [1.807, 2.05) is 35.8 Å². The highest BCUT2D eigenvalue weighted by atomic mass is 32.2. The van der Waals surface area contributed by atoms with Crippen LogP contribution in [0.25, 0.3) is 49.9 Å². The zero-order valence-electron chi connectivity index (χ0n) is 28.0. The number of rotatable bonds is 3. The monoisotopic (exact) mass is 698 g/mol. The van der Waals surface area contributed by atoms with Crippen LogP contribution < -0.4 is 0 Å². The minimum atomic E-state index is -0.467. The summed E-state index contributed by atoms with van der Waals surface area (Å²) in [7, 11) is 0. The predicted octanol–water partition coefficient (Wildman–Crippen LogP) is 12.8. The van der Waals surface area contributed by atoms with Crippen LogP contribution in [-0.4, -0.2) is 9.55 Å². The van der Waals surface area contributed by atoms with Crippen LogP contribution in [0.1, 0.15) is 22.3 Å². The summed E-state index contributed by atoms with van der Waals surface area (Å²) in [5, 5.41) is 2.54. The molecule has 0 amide bonds. The number of benzene rings is 7. The fourth-order valence-electron chi connectivity index (χ4n) is 8.65. The van der Waals surface area contributed by atoms with Gasteiger partial charge in [0.2, 0.25) is 0 Å². The summed E-state index contributed by atoms with van der Waals surface area (Å²) < 4.78 is 2.40. The van der Waals surface area contributed by atoms with Crippen molar-refractivity contribution in [2.45, 2.75) is 25.0 Å². The van der Waals surface area contributed by atoms with E-state index in [2.05, 4.69) is 174 Å². The summed E-state index contributed by atoms with van der Waals surface area (Å²) in [5.41, 5.74) is 13.0. The molecule has 0 saturated heterocycles. The van der Waals surface area contributed by atoms with E-state index in [1.54, 1.807) is 0 Å². The van der Waals surface area contributed by atoms with Gasteiger partial charge in [-0.2, -0.15) is 0 Å². The Balaban J connectivity index is 1.19. The minimum Gasteiger partial charge on any atom is -0.309 e. The summed E-state index contributed by atoms with van der Waals surface area (Å²) in [4.78, 5) is 9.90. The minimum absolute atomic E-state index is 0.467. The Kier molecular flexibility index (Phi) is 6.67. The highest BCUT2D eigenvalue weighted by Crippen LogP contribution is 2.62. The first-order chi connectivity index (χ1) is 25.8. The lowest BCUT2D eigenvalue weighted by molar-refractivity contribution is 0.667. The van der Waals surface area contributed by atoms with Crippen LogP contribution in [0.5, 0.6) is 0 Å². The standard InChI is InChI=1S/C48H30N2S2/c1-2-13-33(14-3-1)50-41-20-7-4-15-35(41)47-34(16-12-21-42(47)50)31-24-26-38-45(29-31)52-46-30-32(40-19-10-11-28-49-40)25-27-39(46)48(38)36-17-5-8-22-43(36)51-44-23-9-6-18-37(44)48/h1-30H. The van der Waals surface area contributed by atoms with Crippen molar-refractivity contribution in [1.29, 1.82) is 0 Å². The van der Waals surface area contributed by atoms with E-state index in [1.165, 1.54) is 80.5 Å². The maximum Gasteiger partial charge on any atom is 0.0745 e. The third kappa shape index (κ3) is 4.25. The van der Waals surface area contributed by atoms with Gasteiger partial charge in [0, 0.05) is 47.8 Å². The van der Waals surface area contributed by atoms with E-state index in [0.717, 1.165) is 11.3 Å². The van der Waals surface area contributed by atoms with E-state index in [-0.39, 0.29) is 0 Å². The van der Waals surface area contributed by atoms with Crippen LogP contribution in [0.4, 0.5) is 0 Å². The molecular formula is C48H30N2S2. The summed E-state index contributed by atoms with van der Waals surface area (Å²) in [6.45, 7) is 0. The van der Waals surface area contributed by atoms with Gasteiger partial charge in [-0.05, 0) is 94.0 Å². The molecule has 2 aliphatic rings. The SMILES string of the molecule is c1ccc(-n2c3ccccc3c3c(-c4ccc5c(c4)Sc4cc(-c6ccccn6)ccc4C54c5ccccc5Sc5ccccc54)cccc32)cc1. The van der Waals surface area contributed by atoms with Crippen LogP contribution in [0.3, 0.4) is 0 Å². The average Bonchev–Trinajstić information content (AvgIpc) is 3.56. The predicted molar refractivity (Wildman–Crippen MR) is 216 cm³/mol. The normalized spacial score (nSPS) is 13.8. The van der Waals surface area contributed by atoms with Crippen molar-refractivity contribution in [3.05, 3.63) is 204 Å². The van der Waals surface area contributed by atoms with Gasteiger partial charge < -0.3 is 4.57 Å². The maximum atomic E-state index is 4.73. The molecule has 0 N–H and O–H groups in total. The molecule has 0 aliphatic carbocycles. The van der Waals surface area contributed by atoms with E-state index < -0.39 is 5.41 Å². The molecule has 244 valence electrons. The Hall–Kier alpha value is -5.81. The molecule has 0 atom stereocenters. The molecule has 0 unspecified atom stereocenters. The third-order valence-electron chi connectivity index (χ3n) is 10.8. The van der Waals surface area contributed by atoms with Crippen molar-refractivity contribution in [2.75, 3.05) is 0 Å². The first kappa shape index (κ1) is 29.9. The second-order valence-corrected chi connectivity index (χ2v) is 15.6. The summed E-state index contributed by atoms with van der Waals surface area (Å²) in [6, 6.07) is 64.7. The van der Waals surface area contributed by atoms with Crippen molar-refractivity contribution in [3.63, 3.8) is 0 Å². The van der Waals surface area contributed by atoms with Crippen LogP contribution in [-0.2, 0) is 5.41 Å². The molecule has 0 saturated carbocycles. The van der Waals surface area contributed by atoms with E-state index in [0.29, 0.717) is 0 Å². The van der Waals surface area contributed by atoms with Gasteiger partial charge in [-0.1, -0.05) is 139 Å². The molecule has 2 aliphatic heterocycles. The van der Waals surface area contributed by atoms with E-state index >= 15 is 0 Å². The van der Waals surface area contributed by atoms with E-state index in [9.17, 15) is 0 Å². The average molecular weight is 699 g/mol. The fourth-order valence-corrected chi connectivity index (χ4v) is 11.1. The topological polar surface area (TPSA) is 17.8 Å². The number of hydrogen-bond donors (Lipinski definition) is 0. The molecule has 4 heteroatoms. The van der Waals surface area contributed by atoms with Gasteiger partial charge >= 0.3 is 0 Å². The molecule has 7 aromatic carbocycles. The number of para-hydroxylation sites is 2. The van der Waals surface area contributed by atoms with Gasteiger partial charge in [-0.15, -0.1) is 0 Å². The van der Waals surface area contributed by atoms with Crippen molar-refractivity contribution in [2.24, 2.45) is 0 Å². The Bertz CT molecular complexity index is 2810. The molecule has 0 fully saturated rings. The number of aromatic nitrogens is 2. The molecule has 0 radical (unpaired) electrons. The second kappa shape index (κ2) is 11.6. The lowest BCUT2D eigenvalue weighted by atomic mass is 9.64. The Morgan fingerprint density at radius 3 is 1.79 bits per heavy atom. The van der Waals surface area contributed by atoms with Crippen molar-refractivity contribution >= 4 is 45.3 Å². The Labute approximate surface area is 310 Å². The maximum absolute atomic E-state index is 4.73. The molecule has 2 nitrogen and oxygen atoms in total. The van der Waals surface area contributed by atoms with Crippen LogP contribution >= 0.6 is 23.5 Å². The molecule has 1 spiro atoms. The van der Waals surface area contributed by atoms with Gasteiger partial charge in [0.1, 0.15) is 0 Å². The van der Waals surface area contributed by atoms with Gasteiger partial charge in [-0.3, -0.25) is 4.98 Å². The highest BCUT2D eigenvalue weighted by molar-refractivity contribution is 8.00. The van der Waals surface area contributed by atoms with Crippen molar-refractivity contribution in [1.82, 2.24) is 9.55 Å². The van der Waals surface area contributed by atoms with Crippen molar-refractivity contribution in [3.8, 4) is 28.1 Å². The highest BCUT2D eigenvalue weighted by Gasteiger charge is 2.48. The molecule has 0 bridgehead atoms. The molecule has 11 rings (SSSR count). The van der Waals surface area contributed by atoms with Crippen LogP contribution in [0.15, 0.2) is 202 Å². The Morgan fingerprint density at radius 2 is 1.04 bits per heavy atom. The van der Waals surface area contributed by atoms with Gasteiger partial charge in [0.25, 0.3) is 0 Å². The largest absolute Gasteiger partial charge is 0.309 e. The van der Waals surface area contributed by atoms with Crippen LogP contribution in [0, 0.1) is 0 Å². The zero-order valence-corrected chi connectivity index (χ0v) is 29.7. The first-order valence-electron chi connectivity index (χ1n) is 17.6. The van der Waals surface area contributed by atoms with E-state index in [4.69, 9.17) is 4.98 Å². The zero-order chi connectivity index (χ0) is 34.2. The summed E-state index contributed by atoms with van der Waals surface area (Å²) in [6.07, 6.45) is 1.88. The molecule has 52 heavy (non-hydrogen) atoms. The number of fused-ring (bicyclic) bond motifs is 11. The smallest absolute Gasteiger partial charge is 0.0745 e. The lowest BCUT2D eigenvalue weighted by Gasteiger charge is -2.45. The van der Waals surface area contributed by atoms with Gasteiger partial charge in [0.15, 0.2) is 0 Å². The first-order valence-corrected chi connectivity index (χ1v) is 19.3. The third-order valence-corrected chi connectivity index (χ3v) is 13.0. The lowest BCUT2D eigenvalue weighted by Crippen LogP contribution is -2.36. The quantitative estimate of drug-likeness (QED) is 0.183. The Morgan fingerprint density at radius 1 is 0.442 bits per heavy atom. The molecular weight excluding hydrogens is 669 g/mol. The fraction of sp³-hybridized carbons (Fsp3) is 0.0208. The second-order valence-electron chi connectivity index (χ2n) is 13.5. The van der Waals surface area contributed by atoms with Crippen LogP contribution in [0.2, 0.25) is 0 Å². The van der Waals surface area contributed by atoms with Gasteiger partial charge in [-0.25, -0.2) is 0 Å². The molecule has 2 aromatic heterocycles. The van der Waals surface area contributed by atoms with Gasteiger partial charge in [0.05, 0.1) is 22.1 Å². The van der Waals surface area contributed by atoms with Crippen molar-refractivity contribution < 1.29 is 0 Å². The number of nitrogens with zero attached hydrogens (tertiary/aromatic N) is 2.